The molecule has 0 fully saturated rings. The third-order valence-corrected chi connectivity index (χ3v) is 1.77. The number of hydrogen-bond acceptors (Lipinski definition) is 4. The van der Waals surface area contributed by atoms with Crippen LogP contribution in [0.5, 0.6) is 0 Å². The lowest BCUT2D eigenvalue weighted by Gasteiger charge is -2.05. The number of ether oxygens (including phenoxy) is 2. The molecule has 0 saturated carbocycles. The molecule has 0 radical (unpaired) electrons. The minimum Gasteiger partial charge on any atom is -0.460 e. The number of hydrogen-bond donors (Lipinski definition) is 0. The van der Waals surface area contributed by atoms with Crippen molar-refractivity contribution in [1.29, 1.82) is 0 Å². The first-order valence-electron chi connectivity index (χ1n) is 5.10. The van der Waals surface area contributed by atoms with Crippen LogP contribution in [0.3, 0.4) is 0 Å². The molecule has 1 rings (SSSR count). The van der Waals surface area contributed by atoms with Crippen molar-refractivity contribution < 1.29 is 18.7 Å². The summed E-state index contributed by atoms with van der Waals surface area (Å²) in [6, 6.07) is 2.44. The van der Waals surface area contributed by atoms with Crippen LogP contribution in [0, 0.1) is 5.95 Å². The number of rotatable bonds is 6. The van der Waals surface area contributed by atoms with Gasteiger partial charge < -0.3 is 9.47 Å². The number of aromatic nitrogens is 1. The first-order valence-corrected chi connectivity index (χ1v) is 5.10. The molecule has 0 saturated heterocycles. The fourth-order valence-corrected chi connectivity index (χ4v) is 1.05. The van der Waals surface area contributed by atoms with Crippen LogP contribution in [0.1, 0.15) is 23.7 Å². The van der Waals surface area contributed by atoms with E-state index in [-0.39, 0.29) is 12.2 Å². The van der Waals surface area contributed by atoms with Crippen molar-refractivity contribution in [2.24, 2.45) is 0 Å². The molecule has 0 aliphatic carbocycles. The van der Waals surface area contributed by atoms with Crippen molar-refractivity contribution in [3.8, 4) is 0 Å². The van der Waals surface area contributed by atoms with Crippen LogP contribution in [0.15, 0.2) is 18.3 Å². The van der Waals surface area contributed by atoms with E-state index in [2.05, 4.69) is 4.98 Å². The van der Waals surface area contributed by atoms with Gasteiger partial charge in [0.2, 0.25) is 5.95 Å². The third-order valence-electron chi connectivity index (χ3n) is 1.77. The molecule has 0 amide bonds. The van der Waals surface area contributed by atoms with Gasteiger partial charge >= 0.3 is 5.97 Å². The fraction of sp³-hybridized carbons (Fsp3) is 0.455. The molecule has 1 heterocycles. The van der Waals surface area contributed by atoms with Gasteiger partial charge in [0.05, 0.1) is 12.2 Å². The van der Waals surface area contributed by atoms with Crippen LogP contribution >= 0.6 is 0 Å². The summed E-state index contributed by atoms with van der Waals surface area (Å²) in [5, 5.41) is 0. The summed E-state index contributed by atoms with van der Waals surface area (Å²) in [6.45, 7) is 3.16. The SMILES string of the molecule is CCCOCCOC(=O)c1ccnc(F)c1. The molecule has 0 unspecified atom stereocenters. The first-order chi connectivity index (χ1) is 7.74. The van der Waals surface area contributed by atoms with E-state index in [9.17, 15) is 9.18 Å². The first kappa shape index (κ1) is 12.6. The lowest BCUT2D eigenvalue weighted by Crippen LogP contribution is -2.11. The summed E-state index contributed by atoms with van der Waals surface area (Å²) < 4.78 is 22.7. The van der Waals surface area contributed by atoms with Gasteiger partial charge in [0, 0.05) is 18.9 Å². The molecule has 16 heavy (non-hydrogen) atoms. The Morgan fingerprint density at radius 2 is 2.25 bits per heavy atom. The molecule has 0 aromatic carbocycles. The molecule has 88 valence electrons. The molecule has 0 N–H and O–H groups in total. The molecule has 0 aliphatic heterocycles. The van der Waals surface area contributed by atoms with Gasteiger partial charge in [-0.05, 0) is 12.5 Å². The van der Waals surface area contributed by atoms with Crippen LogP contribution in [-0.4, -0.2) is 30.8 Å². The number of esters is 1. The number of pyridine rings is 1. The number of nitrogens with zero attached hydrogens (tertiary/aromatic N) is 1. The molecular weight excluding hydrogens is 213 g/mol. The Labute approximate surface area is 93.4 Å². The summed E-state index contributed by atoms with van der Waals surface area (Å²) in [5.74, 6) is -1.27. The Hall–Kier alpha value is -1.49. The quantitative estimate of drug-likeness (QED) is 0.422. The Bertz CT molecular complexity index is 344. The third kappa shape index (κ3) is 4.35. The highest BCUT2D eigenvalue weighted by Gasteiger charge is 2.07. The zero-order chi connectivity index (χ0) is 11.8. The van der Waals surface area contributed by atoms with Gasteiger partial charge in [0.1, 0.15) is 6.61 Å². The van der Waals surface area contributed by atoms with Crippen molar-refractivity contribution in [2.45, 2.75) is 13.3 Å². The Morgan fingerprint density at radius 3 is 2.94 bits per heavy atom. The van der Waals surface area contributed by atoms with Crippen molar-refractivity contribution in [1.82, 2.24) is 4.98 Å². The maximum Gasteiger partial charge on any atom is 0.338 e. The van der Waals surface area contributed by atoms with E-state index >= 15 is 0 Å². The zero-order valence-corrected chi connectivity index (χ0v) is 9.11. The van der Waals surface area contributed by atoms with E-state index in [0.717, 1.165) is 12.5 Å². The van der Waals surface area contributed by atoms with Gasteiger partial charge in [-0.1, -0.05) is 6.92 Å². The molecule has 0 bridgehead atoms. The molecular formula is C11H14FNO3. The lowest BCUT2D eigenvalue weighted by molar-refractivity contribution is 0.0318. The summed E-state index contributed by atoms with van der Waals surface area (Å²) in [6.07, 6.45) is 2.14. The summed E-state index contributed by atoms with van der Waals surface area (Å²) >= 11 is 0. The van der Waals surface area contributed by atoms with Crippen molar-refractivity contribution in [2.75, 3.05) is 19.8 Å². The Balaban J connectivity index is 2.30. The van der Waals surface area contributed by atoms with E-state index in [1.807, 2.05) is 6.92 Å². The van der Waals surface area contributed by atoms with Crippen molar-refractivity contribution >= 4 is 5.97 Å². The van der Waals surface area contributed by atoms with Crippen LogP contribution in [0.2, 0.25) is 0 Å². The maximum absolute atomic E-state index is 12.7. The molecule has 1 aromatic rings. The molecule has 0 aliphatic rings. The van der Waals surface area contributed by atoms with Crippen molar-refractivity contribution in [3.05, 3.63) is 29.8 Å². The van der Waals surface area contributed by atoms with Gasteiger partial charge in [0.15, 0.2) is 0 Å². The standard InChI is InChI=1S/C11H14FNO3/c1-2-5-15-6-7-16-11(14)9-3-4-13-10(12)8-9/h3-4,8H,2,5-7H2,1H3. The van der Waals surface area contributed by atoms with Crippen molar-refractivity contribution in [3.63, 3.8) is 0 Å². The fourth-order valence-electron chi connectivity index (χ4n) is 1.05. The highest BCUT2D eigenvalue weighted by molar-refractivity contribution is 5.89. The molecule has 5 heteroatoms. The molecule has 0 spiro atoms. The van der Waals surface area contributed by atoms with Crippen LogP contribution in [0.25, 0.3) is 0 Å². The summed E-state index contributed by atoms with van der Waals surface area (Å²) in [4.78, 5) is 14.7. The van der Waals surface area contributed by atoms with Gasteiger partial charge in [-0.25, -0.2) is 9.78 Å². The Morgan fingerprint density at radius 1 is 1.44 bits per heavy atom. The number of carbonyl (C=O) groups is 1. The minimum atomic E-state index is -0.698. The van der Waals surface area contributed by atoms with Gasteiger partial charge in [-0.2, -0.15) is 4.39 Å². The second-order valence-electron chi connectivity index (χ2n) is 3.12. The lowest BCUT2D eigenvalue weighted by atomic mass is 10.3. The van der Waals surface area contributed by atoms with Crippen LogP contribution < -0.4 is 0 Å². The molecule has 1 aromatic heterocycles. The molecule has 0 atom stereocenters. The van der Waals surface area contributed by atoms with E-state index in [0.29, 0.717) is 13.2 Å². The van der Waals surface area contributed by atoms with E-state index < -0.39 is 11.9 Å². The monoisotopic (exact) mass is 227 g/mol. The number of halogens is 1. The molecule has 4 nitrogen and oxygen atoms in total. The zero-order valence-electron chi connectivity index (χ0n) is 9.11. The average Bonchev–Trinajstić information content (AvgIpc) is 2.28. The smallest absolute Gasteiger partial charge is 0.338 e. The summed E-state index contributed by atoms with van der Waals surface area (Å²) in [5.41, 5.74) is 0.156. The highest BCUT2D eigenvalue weighted by atomic mass is 19.1. The van der Waals surface area contributed by atoms with Gasteiger partial charge in [-0.3, -0.25) is 0 Å². The predicted molar refractivity (Wildman–Crippen MR) is 55.6 cm³/mol. The second kappa shape index (κ2) is 6.90. The predicted octanol–water partition coefficient (Wildman–Crippen LogP) is 1.80. The maximum atomic E-state index is 12.7. The minimum absolute atomic E-state index is 0.156. The second-order valence-corrected chi connectivity index (χ2v) is 3.12. The van der Waals surface area contributed by atoms with Crippen LogP contribution in [-0.2, 0) is 9.47 Å². The van der Waals surface area contributed by atoms with E-state index in [4.69, 9.17) is 9.47 Å². The van der Waals surface area contributed by atoms with E-state index in [1.165, 1.54) is 12.3 Å². The van der Waals surface area contributed by atoms with Crippen LogP contribution in [0.4, 0.5) is 4.39 Å². The van der Waals surface area contributed by atoms with Gasteiger partial charge in [0.25, 0.3) is 0 Å². The summed E-state index contributed by atoms with van der Waals surface area (Å²) in [7, 11) is 0. The Kier molecular flexibility index (Phi) is 5.42. The number of carbonyl (C=O) groups excluding carboxylic acids is 1. The highest BCUT2D eigenvalue weighted by Crippen LogP contribution is 2.02. The normalized spacial score (nSPS) is 10.1. The topological polar surface area (TPSA) is 48.4 Å². The van der Waals surface area contributed by atoms with Gasteiger partial charge in [-0.15, -0.1) is 0 Å². The average molecular weight is 227 g/mol. The van der Waals surface area contributed by atoms with E-state index in [1.54, 1.807) is 0 Å². The largest absolute Gasteiger partial charge is 0.460 e.